The summed E-state index contributed by atoms with van der Waals surface area (Å²) in [6.07, 6.45) is 2.22. The van der Waals surface area contributed by atoms with Crippen molar-refractivity contribution in [2.75, 3.05) is 37.7 Å². The molecule has 2 aliphatic heterocycles. The fourth-order valence-corrected chi connectivity index (χ4v) is 5.08. The number of thioether (sulfide) groups is 1. The topological polar surface area (TPSA) is 39.3 Å². The lowest BCUT2D eigenvalue weighted by Crippen LogP contribution is -2.49. The highest BCUT2D eigenvalue weighted by Crippen LogP contribution is 2.25. The molecule has 0 saturated carbocycles. The molecule has 1 aromatic heterocycles. The van der Waals surface area contributed by atoms with E-state index in [4.69, 9.17) is 0 Å². The van der Waals surface area contributed by atoms with Crippen molar-refractivity contribution in [2.24, 2.45) is 0 Å². The zero-order chi connectivity index (χ0) is 17.4. The van der Waals surface area contributed by atoms with Crippen LogP contribution in [0.4, 0.5) is 0 Å². The van der Waals surface area contributed by atoms with E-state index in [0.29, 0.717) is 6.04 Å². The van der Waals surface area contributed by atoms with Crippen molar-refractivity contribution >= 4 is 28.6 Å². The first kappa shape index (κ1) is 17.0. The average Bonchev–Trinajstić information content (AvgIpc) is 2.95. The van der Waals surface area contributed by atoms with Gasteiger partial charge in [0.1, 0.15) is 0 Å². The van der Waals surface area contributed by atoms with Crippen LogP contribution < -0.4 is 0 Å². The molecule has 5 heteroatoms. The first-order valence-electron chi connectivity index (χ1n) is 9.33. The molecule has 2 aliphatic rings. The first-order valence-corrected chi connectivity index (χ1v) is 10.5. The van der Waals surface area contributed by atoms with Gasteiger partial charge in [-0.15, -0.1) is 0 Å². The molecule has 1 N–H and O–H groups in total. The summed E-state index contributed by atoms with van der Waals surface area (Å²) in [4.78, 5) is 21.0. The van der Waals surface area contributed by atoms with E-state index in [1.54, 1.807) is 0 Å². The number of piperidine rings is 1. The Bertz CT molecular complexity index is 771. The van der Waals surface area contributed by atoms with Crippen LogP contribution >= 0.6 is 11.8 Å². The van der Waals surface area contributed by atoms with Crippen LogP contribution in [0.25, 0.3) is 10.9 Å². The molecule has 0 unspecified atom stereocenters. The number of hydrogen-bond donors (Lipinski definition) is 1. The second-order valence-electron chi connectivity index (χ2n) is 7.31. The Morgan fingerprint density at radius 3 is 2.56 bits per heavy atom. The van der Waals surface area contributed by atoms with Gasteiger partial charge in [-0.1, -0.05) is 0 Å². The van der Waals surface area contributed by atoms with Gasteiger partial charge in [-0.2, -0.15) is 11.8 Å². The molecular formula is C20H27N3OS. The zero-order valence-electron chi connectivity index (χ0n) is 15.2. The van der Waals surface area contributed by atoms with Crippen molar-refractivity contribution in [1.82, 2.24) is 14.8 Å². The molecule has 1 aromatic carbocycles. The van der Waals surface area contributed by atoms with Gasteiger partial charge in [-0.3, -0.25) is 9.69 Å². The number of aromatic amines is 1. The van der Waals surface area contributed by atoms with Crippen molar-refractivity contribution < 1.29 is 4.79 Å². The van der Waals surface area contributed by atoms with E-state index < -0.39 is 0 Å². The maximum absolute atomic E-state index is 12.9. The highest BCUT2D eigenvalue weighted by atomic mass is 32.2. The third-order valence-corrected chi connectivity index (χ3v) is 6.81. The van der Waals surface area contributed by atoms with E-state index in [2.05, 4.69) is 41.6 Å². The summed E-state index contributed by atoms with van der Waals surface area (Å²) in [5.41, 5.74) is 4.36. The van der Waals surface area contributed by atoms with Crippen LogP contribution in [-0.2, 0) is 0 Å². The summed E-state index contributed by atoms with van der Waals surface area (Å²) in [6.45, 7) is 8.40. The average molecular weight is 358 g/mol. The Labute approximate surface area is 153 Å². The van der Waals surface area contributed by atoms with E-state index in [1.807, 2.05) is 17.0 Å². The molecule has 4 rings (SSSR count). The standard InChI is InChI=1S/C20H27N3OS/c1-14-15(2)21-19-4-3-16(13-18(14)19)20(24)23-7-5-17(6-8-23)22-9-11-25-12-10-22/h3-4,13,17,21H,5-12H2,1-2H3. The molecule has 134 valence electrons. The summed E-state index contributed by atoms with van der Waals surface area (Å²) in [5, 5.41) is 1.17. The van der Waals surface area contributed by atoms with Crippen molar-refractivity contribution in [1.29, 1.82) is 0 Å². The predicted octanol–water partition coefficient (Wildman–Crippen LogP) is 3.44. The summed E-state index contributed by atoms with van der Waals surface area (Å²) >= 11 is 2.06. The lowest BCUT2D eigenvalue weighted by Gasteiger charge is -2.40. The highest BCUT2D eigenvalue weighted by Gasteiger charge is 2.28. The van der Waals surface area contributed by atoms with Gasteiger partial charge in [0.15, 0.2) is 0 Å². The van der Waals surface area contributed by atoms with Crippen molar-refractivity contribution in [3.8, 4) is 0 Å². The second-order valence-corrected chi connectivity index (χ2v) is 8.53. The SMILES string of the molecule is Cc1[nH]c2ccc(C(=O)N3CCC(N4CCSCC4)CC3)cc2c1C. The second kappa shape index (κ2) is 7.04. The number of fused-ring (bicyclic) bond motifs is 1. The Morgan fingerprint density at radius 2 is 1.84 bits per heavy atom. The number of likely N-dealkylation sites (tertiary alicyclic amines) is 1. The maximum atomic E-state index is 12.9. The molecule has 25 heavy (non-hydrogen) atoms. The molecule has 3 heterocycles. The van der Waals surface area contributed by atoms with Crippen molar-refractivity contribution in [3.63, 3.8) is 0 Å². The van der Waals surface area contributed by atoms with Crippen LogP contribution in [0.2, 0.25) is 0 Å². The summed E-state index contributed by atoms with van der Waals surface area (Å²) in [5.74, 6) is 2.70. The highest BCUT2D eigenvalue weighted by molar-refractivity contribution is 7.99. The first-order chi connectivity index (χ1) is 12.1. The molecule has 4 nitrogen and oxygen atoms in total. The monoisotopic (exact) mass is 357 g/mol. The number of benzene rings is 1. The largest absolute Gasteiger partial charge is 0.358 e. The van der Waals surface area contributed by atoms with Gasteiger partial charge < -0.3 is 9.88 Å². The summed E-state index contributed by atoms with van der Waals surface area (Å²) in [6, 6.07) is 6.74. The third kappa shape index (κ3) is 3.32. The quantitative estimate of drug-likeness (QED) is 0.895. The minimum Gasteiger partial charge on any atom is -0.358 e. The van der Waals surface area contributed by atoms with Gasteiger partial charge in [0.05, 0.1) is 0 Å². The number of carbonyl (C=O) groups excluding carboxylic acids is 1. The third-order valence-electron chi connectivity index (χ3n) is 5.87. The van der Waals surface area contributed by atoms with Crippen LogP contribution in [0.5, 0.6) is 0 Å². The molecule has 0 aliphatic carbocycles. The smallest absolute Gasteiger partial charge is 0.253 e. The number of aryl methyl sites for hydroxylation is 2. The van der Waals surface area contributed by atoms with Gasteiger partial charge in [-0.05, 0) is 50.5 Å². The van der Waals surface area contributed by atoms with Crippen molar-refractivity contribution in [3.05, 3.63) is 35.0 Å². The van der Waals surface area contributed by atoms with Crippen LogP contribution in [0.1, 0.15) is 34.5 Å². The summed E-state index contributed by atoms with van der Waals surface area (Å²) in [7, 11) is 0. The van der Waals surface area contributed by atoms with Gasteiger partial charge in [0.2, 0.25) is 0 Å². The Balaban J connectivity index is 1.44. The molecule has 2 fully saturated rings. The number of H-pyrrole nitrogens is 1. The molecular weight excluding hydrogens is 330 g/mol. The predicted molar refractivity (Wildman–Crippen MR) is 106 cm³/mol. The molecule has 0 bridgehead atoms. The number of carbonyl (C=O) groups is 1. The molecule has 0 atom stereocenters. The number of rotatable bonds is 2. The molecule has 2 saturated heterocycles. The fourth-order valence-electron chi connectivity index (χ4n) is 4.15. The van der Waals surface area contributed by atoms with E-state index >= 15 is 0 Å². The summed E-state index contributed by atoms with van der Waals surface area (Å²) < 4.78 is 0. The van der Waals surface area contributed by atoms with Crippen molar-refractivity contribution in [2.45, 2.75) is 32.7 Å². The number of amides is 1. The normalized spacial score (nSPS) is 20.3. The van der Waals surface area contributed by atoms with Gasteiger partial charge >= 0.3 is 0 Å². The lowest BCUT2D eigenvalue weighted by molar-refractivity contribution is 0.0631. The Morgan fingerprint density at radius 1 is 1.12 bits per heavy atom. The Kier molecular flexibility index (Phi) is 4.78. The minimum absolute atomic E-state index is 0.188. The zero-order valence-corrected chi connectivity index (χ0v) is 16.0. The molecule has 1 amide bonds. The van der Waals surface area contributed by atoms with Crippen LogP contribution in [0.3, 0.4) is 0 Å². The number of hydrogen-bond acceptors (Lipinski definition) is 3. The lowest BCUT2D eigenvalue weighted by atomic mass is 10.0. The van der Waals surface area contributed by atoms with Gasteiger partial charge in [0, 0.05) is 65.9 Å². The van der Waals surface area contributed by atoms with Crippen LogP contribution in [0, 0.1) is 13.8 Å². The van der Waals surface area contributed by atoms with E-state index in [9.17, 15) is 4.79 Å². The van der Waals surface area contributed by atoms with E-state index in [-0.39, 0.29) is 5.91 Å². The minimum atomic E-state index is 0.188. The molecule has 0 spiro atoms. The molecule has 2 aromatic rings. The van der Waals surface area contributed by atoms with Gasteiger partial charge in [-0.25, -0.2) is 0 Å². The Hall–Kier alpha value is -1.46. The number of nitrogens with one attached hydrogen (secondary N) is 1. The van der Waals surface area contributed by atoms with E-state index in [1.165, 1.54) is 41.2 Å². The van der Waals surface area contributed by atoms with Crippen LogP contribution in [0.15, 0.2) is 18.2 Å². The number of nitrogens with zero attached hydrogens (tertiary/aromatic N) is 2. The van der Waals surface area contributed by atoms with Gasteiger partial charge in [0.25, 0.3) is 5.91 Å². The fraction of sp³-hybridized carbons (Fsp3) is 0.550. The number of aromatic nitrogens is 1. The van der Waals surface area contributed by atoms with E-state index in [0.717, 1.165) is 37.0 Å². The maximum Gasteiger partial charge on any atom is 0.253 e. The molecule has 0 radical (unpaired) electrons. The van der Waals surface area contributed by atoms with Crippen LogP contribution in [-0.4, -0.2) is 64.4 Å².